The first kappa shape index (κ1) is 43.8. The lowest BCUT2D eigenvalue weighted by Crippen LogP contribution is -2.44. The molecule has 0 N–H and O–H groups in total. The van der Waals surface area contributed by atoms with Gasteiger partial charge in [0.2, 0.25) is 0 Å². The molecule has 0 spiro atoms. The summed E-state index contributed by atoms with van der Waals surface area (Å²) < 4.78 is 54.8. The van der Waals surface area contributed by atoms with Crippen LogP contribution in [0.3, 0.4) is 0 Å². The number of amides is 2. The van der Waals surface area contributed by atoms with Gasteiger partial charge in [-0.25, -0.2) is 19.6 Å². The molecular formula is C45H57N7O8S. The number of fused-ring (bicyclic) bond motifs is 2. The molecule has 61 heavy (non-hydrogen) atoms. The number of benzene rings is 2. The third-order valence-corrected chi connectivity index (χ3v) is 12.2. The Bertz CT molecular complexity index is 2420. The van der Waals surface area contributed by atoms with E-state index in [0.717, 1.165) is 9.65 Å². The maximum Gasteiger partial charge on any atom is 0.410 e. The van der Waals surface area contributed by atoms with Crippen molar-refractivity contribution in [3.63, 3.8) is 0 Å². The first-order valence-electron chi connectivity index (χ1n) is 20.8. The lowest BCUT2D eigenvalue weighted by atomic mass is 10.0. The molecule has 3 aromatic heterocycles. The van der Waals surface area contributed by atoms with Crippen molar-refractivity contribution in [3.8, 4) is 11.3 Å². The topological polar surface area (TPSA) is 160 Å². The van der Waals surface area contributed by atoms with Crippen molar-refractivity contribution >= 4 is 33.2 Å². The van der Waals surface area contributed by atoms with Crippen LogP contribution in [0.4, 0.5) is 9.59 Å². The molecule has 1 saturated carbocycles. The Morgan fingerprint density at radius 3 is 2.15 bits per heavy atom. The molecule has 1 aliphatic heterocycles. The standard InChI is InChI=1S/C45H57N7O8S/c1-43(2,3)59-41(53)49(24-20-31-16-11-9-12-17-31)22-15-23-50(42(54)60-44(4,5)6)28-32-26-37(39-38(32)57-45(7,8)58-39)51-29-35(34-27-46-30-47-40(34)51)36-21-25-52(48-36)61(55,56)33-18-13-10-14-19-33/h9-14,16-19,21,25,27,29-30,32,37-39H,15,20,22-24,26,28H2,1-8H3/t32-,37-,38-,39+/m1/s1. The van der Waals surface area contributed by atoms with Gasteiger partial charge in [-0.15, -0.1) is 0 Å². The average Bonchev–Trinajstić information content (AvgIpc) is 3.97. The Morgan fingerprint density at radius 2 is 1.48 bits per heavy atom. The van der Waals surface area contributed by atoms with E-state index in [9.17, 15) is 18.0 Å². The molecule has 1 aliphatic carbocycles. The van der Waals surface area contributed by atoms with E-state index in [1.165, 1.54) is 24.7 Å². The minimum atomic E-state index is -3.93. The molecule has 0 unspecified atom stereocenters. The minimum Gasteiger partial charge on any atom is -0.444 e. The summed E-state index contributed by atoms with van der Waals surface area (Å²) in [4.78, 5) is 39.9. The smallest absolute Gasteiger partial charge is 0.410 e. The predicted octanol–water partition coefficient (Wildman–Crippen LogP) is 7.72. The van der Waals surface area contributed by atoms with Crippen molar-refractivity contribution in [3.05, 3.63) is 97.2 Å². The van der Waals surface area contributed by atoms with E-state index in [4.69, 9.17) is 18.9 Å². The van der Waals surface area contributed by atoms with Gasteiger partial charge in [-0.05, 0) is 98.4 Å². The summed E-state index contributed by atoms with van der Waals surface area (Å²) in [6.45, 7) is 16.3. The van der Waals surface area contributed by atoms with Crippen molar-refractivity contribution in [2.24, 2.45) is 5.92 Å². The summed E-state index contributed by atoms with van der Waals surface area (Å²) in [5.74, 6) is -1.08. The highest BCUT2D eigenvalue weighted by Gasteiger charge is 2.55. The molecule has 2 aromatic carbocycles. The number of hydrogen-bond acceptors (Lipinski definition) is 11. The highest BCUT2D eigenvalue weighted by atomic mass is 32.2. The highest BCUT2D eigenvalue weighted by Crippen LogP contribution is 2.49. The van der Waals surface area contributed by atoms with Crippen LogP contribution in [-0.2, 0) is 35.4 Å². The van der Waals surface area contributed by atoms with E-state index < -0.39 is 45.3 Å². The molecule has 7 rings (SSSR count). The van der Waals surface area contributed by atoms with Gasteiger partial charge < -0.3 is 33.3 Å². The van der Waals surface area contributed by atoms with Crippen LogP contribution in [0, 0.1) is 5.92 Å². The second kappa shape index (κ2) is 17.2. The molecule has 326 valence electrons. The number of carbonyl (C=O) groups excluding carboxylic acids is 2. The first-order chi connectivity index (χ1) is 28.8. The summed E-state index contributed by atoms with van der Waals surface area (Å²) in [7, 11) is -3.93. The van der Waals surface area contributed by atoms with Crippen molar-refractivity contribution in [1.82, 2.24) is 33.5 Å². The second-order valence-electron chi connectivity index (χ2n) is 18.2. The second-order valence-corrected chi connectivity index (χ2v) is 20.0. The fourth-order valence-electron chi connectivity index (χ4n) is 8.09. The lowest BCUT2D eigenvalue weighted by molar-refractivity contribution is -0.160. The lowest BCUT2D eigenvalue weighted by Gasteiger charge is -2.32. The van der Waals surface area contributed by atoms with Crippen LogP contribution in [0.2, 0.25) is 0 Å². The fraction of sp³-hybridized carbons (Fsp3) is 0.489. The van der Waals surface area contributed by atoms with Crippen molar-refractivity contribution in [1.29, 1.82) is 0 Å². The van der Waals surface area contributed by atoms with Crippen LogP contribution in [0.25, 0.3) is 22.3 Å². The molecule has 16 heteroatoms. The van der Waals surface area contributed by atoms with Crippen LogP contribution >= 0.6 is 0 Å². The zero-order valence-corrected chi connectivity index (χ0v) is 37.0. The minimum absolute atomic E-state index is 0.128. The van der Waals surface area contributed by atoms with E-state index in [0.29, 0.717) is 67.7 Å². The highest BCUT2D eigenvalue weighted by molar-refractivity contribution is 7.89. The zero-order valence-electron chi connectivity index (χ0n) is 36.2. The number of ether oxygens (including phenoxy) is 4. The quantitative estimate of drug-likeness (QED) is 0.114. The molecule has 15 nitrogen and oxygen atoms in total. The third-order valence-electron chi connectivity index (χ3n) is 10.7. The van der Waals surface area contributed by atoms with Gasteiger partial charge in [0.1, 0.15) is 29.3 Å². The summed E-state index contributed by atoms with van der Waals surface area (Å²) >= 11 is 0. The largest absolute Gasteiger partial charge is 0.444 e. The van der Waals surface area contributed by atoms with Gasteiger partial charge in [0.05, 0.1) is 22.7 Å². The number of carbonyl (C=O) groups is 2. The summed E-state index contributed by atoms with van der Waals surface area (Å²) in [5, 5.41) is 5.22. The number of hydrogen-bond donors (Lipinski definition) is 0. The van der Waals surface area contributed by atoms with E-state index >= 15 is 0 Å². The normalized spacial score (nSPS) is 20.1. The van der Waals surface area contributed by atoms with Gasteiger partial charge in [-0.1, -0.05) is 48.5 Å². The van der Waals surface area contributed by atoms with Crippen molar-refractivity contribution in [2.75, 3.05) is 26.2 Å². The van der Waals surface area contributed by atoms with Gasteiger partial charge in [0.25, 0.3) is 10.0 Å². The molecule has 4 atom stereocenters. The Morgan fingerprint density at radius 1 is 0.852 bits per heavy atom. The van der Waals surface area contributed by atoms with E-state index in [1.807, 2.05) is 96.5 Å². The Labute approximate surface area is 358 Å². The van der Waals surface area contributed by atoms with Crippen LogP contribution in [0.15, 0.2) is 96.5 Å². The monoisotopic (exact) mass is 855 g/mol. The van der Waals surface area contributed by atoms with E-state index in [1.54, 1.807) is 40.3 Å². The molecule has 2 amide bonds. The fourth-order valence-corrected chi connectivity index (χ4v) is 9.22. The Kier molecular flexibility index (Phi) is 12.3. The maximum absolute atomic E-state index is 14.0. The Balaban J connectivity index is 1.14. The average molecular weight is 856 g/mol. The summed E-state index contributed by atoms with van der Waals surface area (Å²) in [5.41, 5.74) is 1.43. The van der Waals surface area contributed by atoms with Gasteiger partial charge >= 0.3 is 12.2 Å². The molecular weight excluding hydrogens is 799 g/mol. The van der Waals surface area contributed by atoms with Crippen LogP contribution in [-0.4, -0.2) is 110 Å². The summed E-state index contributed by atoms with van der Waals surface area (Å²) in [6.07, 6.45) is 6.59. The maximum atomic E-state index is 14.0. The molecule has 0 bridgehead atoms. The zero-order chi connectivity index (χ0) is 43.7. The SMILES string of the molecule is CC(C)(C)OC(=O)N(CCCN(C[C@H]1C[C@@H](n2cc(-c3ccn(S(=O)(=O)c4ccccc4)n3)c3cncnc32)[C@@H]2OC(C)(C)O[C@H]12)C(=O)OC(C)(C)C)CCc1ccccc1. The Hall–Kier alpha value is -5.32. The van der Waals surface area contributed by atoms with E-state index in [2.05, 4.69) is 15.1 Å². The third kappa shape index (κ3) is 10.2. The number of rotatable bonds is 13. The van der Waals surface area contributed by atoms with Crippen molar-refractivity contribution < 1.29 is 37.0 Å². The number of nitrogens with zero attached hydrogens (tertiary/aromatic N) is 7. The molecule has 0 radical (unpaired) electrons. The van der Waals surface area contributed by atoms with Gasteiger partial charge in [-0.3, -0.25) is 0 Å². The first-order valence-corrected chi connectivity index (χ1v) is 22.2. The van der Waals surface area contributed by atoms with E-state index in [-0.39, 0.29) is 23.0 Å². The molecule has 2 aliphatic rings. The molecule has 2 fully saturated rings. The van der Waals surface area contributed by atoms with Gasteiger partial charge in [0.15, 0.2) is 5.79 Å². The van der Waals surface area contributed by atoms with Crippen LogP contribution in [0.1, 0.15) is 79.8 Å². The molecule has 5 aromatic rings. The summed E-state index contributed by atoms with van der Waals surface area (Å²) in [6, 6.07) is 19.5. The number of aromatic nitrogens is 5. The van der Waals surface area contributed by atoms with Crippen LogP contribution in [0.5, 0.6) is 0 Å². The molecule has 4 heterocycles. The predicted molar refractivity (Wildman–Crippen MR) is 229 cm³/mol. The van der Waals surface area contributed by atoms with Crippen molar-refractivity contribution in [2.45, 2.75) is 115 Å². The molecule has 1 saturated heterocycles. The van der Waals surface area contributed by atoms with Crippen LogP contribution < -0.4 is 0 Å². The van der Waals surface area contributed by atoms with Gasteiger partial charge in [0, 0.05) is 61.6 Å². The van der Waals surface area contributed by atoms with Gasteiger partial charge in [-0.2, -0.15) is 17.6 Å².